The monoisotopic (exact) mass is 375 g/mol. The lowest BCUT2D eigenvalue weighted by atomic mass is 9.98. The molecule has 6 heteroatoms. The summed E-state index contributed by atoms with van der Waals surface area (Å²) in [5, 5.41) is 23.3. The summed E-state index contributed by atoms with van der Waals surface area (Å²) in [5.41, 5.74) is 0.953. The fraction of sp³-hybridized carbons (Fsp3) is 0.500. The first-order valence-electron chi connectivity index (χ1n) is 9.04. The SMILES string of the molecule is Cc1nnc(C=Cc2ccccc2OCC(O)CNCC(C)C(C)C)s1. The van der Waals surface area contributed by atoms with Gasteiger partial charge >= 0.3 is 0 Å². The summed E-state index contributed by atoms with van der Waals surface area (Å²) in [6.45, 7) is 10.2. The van der Waals surface area contributed by atoms with Gasteiger partial charge in [-0.3, -0.25) is 0 Å². The van der Waals surface area contributed by atoms with Gasteiger partial charge in [-0.1, -0.05) is 50.3 Å². The van der Waals surface area contributed by atoms with Crippen molar-refractivity contribution in [2.75, 3.05) is 19.7 Å². The third kappa shape index (κ3) is 6.86. The highest BCUT2D eigenvalue weighted by Gasteiger charge is 2.10. The van der Waals surface area contributed by atoms with Gasteiger partial charge in [0.15, 0.2) is 0 Å². The van der Waals surface area contributed by atoms with Crippen molar-refractivity contribution in [3.05, 3.63) is 39.8 Å². The van der Waals surface area contributed by atoms with Crippen LogP contribution in [0, 0.1) is 18.8 Å². The van der Waals surface area contributed by atoms with Crippen molar-refractivity contribution in [3.8, 4) is 5.75 Å². The van der Waals surface area contributed by atoms with Gasteiger partial charge in [-0.25, -0.2) is 0 Å². The van der Waals surface area contributed by atoms with E-state index in [4.69, 9.17) is 4.74 Å². The number of benzene rings is 1. The van der Waals surface area contributed by atoms with Crippen LogP contribution in [0.5, 0.6) is 5.75 Å². The van der Waals surface area contributed by atoms with E-state index in [1.165, 1.54) is 0 Å². The van der Waals surface area contributed by atoms with E-state index < -0.39 is 6.10 Å². The minimum absolute atomic E-state index is 0.256. The van der Waals surface area contributed by atoms with Gasteiger partial charge in [-0.05, 0) is 43.5 Å². The molecule has 0 saturated heterocycles. The van der Waals surface area contributed by atoms with E-state index in [1.54, 1.807) is 11.3 Å². The molecule has 2 atom stereocenters. The van der Waals surface area contributed by atoms with Crippen LogP contribution in [0.1, 0.15) is 36.3 Å². The summed E-state index contributed by atoms with van der Waals surface area (Å²) in [5.74, 6) is 1.96. The molecule has 0 bridgehead atoms. The summed E-state index contributed by atoms with van der Waals surface area (Å²) in [7, 11) is 0. The van der Waals surface area contributed by atoms with Gasteiger partial charge in [0, 0.05) is 12.1 Å². The Hall–Kier alpha value is -1.76. The Morgan fingerprint density at radius 1 is 1.15 bits per heavy atom. The third-order valence-electron chi connectivity index (χ3n) is 4.28. The van der Waals surface area contributed by atoms with Crippen molar-refractivity contribution in [1.29, 1.82) is 0 Å². The van der Waals surface area contributed by atoms with Crippen LogP contribution >= 0.6 is 11.3 Å². The molecule has 2 aromatic rings. The zero-order chi connectivity index (χ0) is 18.9. The third-order valence-corrected chi connectivity index (χ3v) is 5.09. The lowest BCUT2D eigenvalue weighted by Crippen LogP contribution is -2.34. The second-order valence-corrected chi connectivity index (χ2v) is 8.09. The summed E-state index contributed by atoms with van der Waals surface area (Å²) in [6, 6.07) is 7.78. The number of hydrogen-bond acceptors (Lipinski definition) is 6. The lowest BCUT2D eigenvalue weighted by Gasteiger charge is -2.18. The van der Waals surface area contributed by atoms with E-state index in [9.17, 15) is 5.11 Å². The molecule has 0 spiro atoms. The molecule has 1 heterocycles. The van der Waals surface area contributed by atoms with Crippen LogP contribution in [-0.4, -0.2) is 41.1 Å². The second-order valence-electron chi connectivity index (χ2n) is 6.87. The van der Waals surface area contributed by atoms with E-state index in [1.807, 2.05) is 43.3 Å². The van der Waals surface area contributed by atoms with Crippen molar-refractivity contribution in [2.24, 2.45) is 11.8 Å². The number of rotatable bonds is 10. The van der Waals surface area contributed by atoms with Crippen LogP contribution < -0.4 is 10.1 Å². The molecule has 0 aliphatic rings. The zero-order valence-electron chi connectivity index (χ0n) is 16.0. The van der Waals surface area contributed by atoms with Crippen molar-refractivity contribution in [1.82, 2.24) is 15.5 Å². The van der Waals surface area contributed by atoms with Crippen LogP contribution in [0.4, 0.5) is 0 Å². The number of aliphatic hydroxyl groups is 1. The van der Waals surface area contributed by atoms with Crippen molar-refractivity contribution < 1.29 is 9.84 Å². The first-order chi connectivity index (χ1) is 12.5. The Bertz CT molecular complexity index is 700. The quantitative estimate of drug-likeness (QED) is 0.664. The molecule has 2 N–H and O–H groups in total. The molecule has 0 saturated carbocycles. The van der Waals surface area contributed by atoms with E-state index >= 15 is 0 Å². The van der Waals surface area contributed by atoms with E-state index in [0.717, 1.165) is 27.9 Å². The zero-order valence-corrected chi connectivity index (χ0v) is 16.8. The summed E-state index contributed by atoms with van der Waals surface area (Å²) < 4.78 is 5.82. The molecule has 142 valence electrons. The van der Waals surface area contributed by atoms with Crippen LogP contribution in [-0.2, 0) is 0 Å². The lowest BCUT2D eigenvalue weighted by molar-refractivity contribution is 0.105. The molecule has 0 aliphatic carbocycles. The molecule has 1 aromatic carbocycles. The number of nitrogens with zero attached hydrogens (tertiary/aromatic N) is 2. The number of para-hydroxylation sites is 1. The van der Waals surface area contributed by atoms with Gasteiger partial charge in [-0.15, -0.1) is 10.2 Å². The number of aliphatic hydroxyl groups excluding tert-OH is 1. The van der Waals surface area contributed by atoms with Gasteiger partial charge in [0.2, 0.25) is 0 Å². The number of nitrogens with one attached hydrogen (secondary N) is 1. The van der Waals surface area contributed by atoms with Crippen molar-refractivity contribution >= 4 is 23.5 Å². The highest BCUT2D eigenvalue weighted by atomic mass is 32.1. The first kappa shape index (κ1) is 20.6. The summed E-state index contributed by atoms with van der Waals surface area (Å²) in [4.78, 5) is 0. The van der Waals surface area contributed by atoms with Gasteiger partial charge in [0.05, 0.1) is 0 Å². The molecule has 26 heavy (non-hydrogen) atoms. The molecule has 2 rings (SSSR count). The van der Waals surface area contributed by atoms with Gasteiger partial charge in [0.1, 0.15) is 28.5 Å². The minimum Gasteiger partial charge on any atom is -0.490 e. The number of aromatic nitrogens is 2. The molecule has 0 amide bonds. The molecule has 5 nitrogen and oxygen atoms in total. The fourth-order valence-corrected chi connectivity index (χ4v) is 2.85. The van der Waals surface area contributed by atoms with Gasteiger partial charge in [-0.2, -0.15) is 0 Å². The average molecular weight is 376 g/mol. The topological polar surface area (TPSA) is 67.3 Å². The van der Waals surface area contributed by atoms with Gasteiger partial charge < -0.3 is 15.2 Å². The maximum absolute atomic E-state index is 10.1. The van der Waals surface area contributed by atoms with Crippen molar-refractivity contribution in [3.63, 3.8) is 0 Å². The molecule has 0 radical (unpaired) electrons. The predicted octanol–water partition coefficient (Wildman–Crippen LogP) is 3.64. The van der Waals surface area contributed by atoms with Crippen LogP contribution in [0.15, 0.2) is 24.3 Å². The van der Waals surface area contributed by atoms with E-state index in [0.29, 0.717) is 18.4 Å². The molecule has 0 fully saturated rings. The summed E-state index contributed by atoms with van der Waals surface area (Å²) >= 11 is 1.55. The summed E-state index contributed by atoms with van der Waals surface area (Å²) in [6.07, 6.45) is 3.35. The number of aryl methyl sites for hydroxylation is 1. The smallest absolute Gasteiger partial charge is 0.140 e. The van der Waals surface area contributed by atoms with Crippen LogP contribution in [0.2, 0.25) is 0 Å². The highest BCUT2D eigenvalue weighted by Crippen LogP contribution is 2.21. The molecule has 0 aliphatic heterocycles. The van der Waals surface area contributed by atoms with Crippen molar-refractivity contribution in [2.45, 2.75) is 33.8 Å². The minimum atomic E-state index is -0.544. The fourth-order valence-electron chi connectivity index (χ4n) is 2.25. The maximum atomic E-state index is 10.1. The van der Waals surface area contributed by atoms with Crippen LogP contribution in [0.3, 0.4) is 0 Å². The first-order valence-corrected chi connectivity index (χ1v) is 9.86. The Labute approximate surface area is 160 Å². The van der Waals surface area contributed by atoms with Crippen LogP contribution in [0.25, 0.3) is 12.2 Å². The average Bonchev–Trinajstić information content (AvgIpc) is 3.04. The molecular weight excluding hydrogens is 346 g/mol. The largest absolute Gasteiger partial charge is 0.490 e. The molecule has 1 aromatic heterocycles. The Morgan fingerprint density at radius 3 is 2.62 bits per heavy atom. The maximum Gasteiger partial charge on any atom is 0.140 e. The highest BCUT2D eigenvalue weighted by molar-refractivity contribution is 7.12. The second kappa shape index (κ2) is 10.4. The molecule has 2 unspecified atom stereocenters. The van der Waals surface area contributed by atoms with E-state index in [2.05, 4.69) is 36.3 Å². The number of hydrogen-bond donors (Lipinski definition) is 2. The normalized spacial score (nSPS) is 14.1. The standard InChI is InChI=1S/C20H29N3O2S/c1-14(2)15(3)11-21-12-18(24)13-25-19-8-6-5-7-17(19)9-10-20-23-22-16(4)26-20/h5-10,14-15,18,21,24H,11-13H2,1-4H3. The Kier molecular flexibility index (Phi) is 8.22. The number of ether oxygens (including phenoxy) is 1. The Balaban J connectivity index is 1.84. The molecular formula is C20H29N3O2S. The predicted molar refractivity (Wildman–Crippen MR) is 108 cm³/mol. The van der Waals surface area contributed by atoms with E-state index in [-0.39, 0.29) is 6.61 Å². The van der Waals surface area contributed by atoms with Gasteiger partial charge in [0.25, 0.3) is 0 Å². The Morgan fingerprint density at radius 2 is 1.92 bits per heavy atom.